The lowest BCUT2D eigenvalue weighted by Crippen LogP contribution is -2.25. The predicted molar refractivity (Wildman–Crippen MR) is 42.7 cm³/mol. The maximum absolute atomic E-state index is 5.57. The molecule has 59 valence electrons. The molecule has 1 heterocycles. The summed E-state index contributed by atoms with van der Waals surface area (Å²) in [6, 6.07) is 0. The van der Waals surface area contributed by atoms with Crippen LogP contribution in [0.5, 0.6) is 0 Å². The van der Waals surface area contributed by atoms with Gasteiger partial charge in [-0.25, -0.2) is 0 Å². The molecular formula is C9H17O. The van der Waals surface area contributed by atoms with Gasteiger partial charge in [-0.1, -0.05) is 13.3 Å². The topological polar surface area (TPSA) is 9.23 Å². The minimum atomic E-state index is 0.457. The lowest BCUT2D eigenvalue weighted by Gasteiger charge is -2.27. The maximum atomic E-state index is 5.57. The van der Waals surface area contributed by atoms with E-state index in [9.17, 15) is 0 Å². The molecule has 1 rings (SSSR count). The van der Waals surface area contributed by atoms with Crippen LogP contribution in [0.4, 0.5) is 0 Å². The highest BCUT2D eigenvalue weighted by Crippen LogP contribution is 2.21. The maximum Gasteiger partial charge on any atom is 0.0603 e. The van der Waals surface area contributed by atoms with E-state index in [1.54, 1.807) is 0 Å². The molecule has 0 N–H and O–H groups in total. The van der Waals surface area contributed by atoms with E-state index in [1.807, 2.05) is 0 Å². The van der Waals surface area contributed by atoms with E-state index in [2.05, 4.69) is 13.8 Å². The smallest absolute Gasteiger partial charge is 0.0603 e. The molecule has 1 heteroatoms. The molecule has 2 atom stereocenters. The van der Waals surface area contributed by atoms with Crippen molar-refractivity contribution < 1.29 is 4.74 Å². The van der Waals surface area contributed by atoms with E-state index in [0.29, 0.717) is 12.0 Å². The average molecular weight is 141 g/mol. The molecule has 1 radical (unpaired) electrons. The van der Waals surface area contributed by atoms with Crippen molar-refractivity contribution in [2.75, 3.05) is 6.61 Å². The van der Waals surface area contributed by atoms with Gasteiger partial charge < -0.3 is 4.74 Å². The van der Waals surface area contributed by atoms with E-state index >= 15 is 0 Å². The number of hydrogen-bond donors (Lipinski definition) is 0. The second kappa shape index (κ2) is 3.97. The molecule has 0 aromatic carbocycles. The van der Waals surface area contributed by atoms with Gasteiger partial charge in [0.2, 0.25) is 0 Å². The zero-order valence-electron chi connectivity index (χ0n) is 6.81. The largest absolute Gasteiger partial charge is 0.378 e. The molecule has 1 saturated heterocycles. The third-order valence-electron chi connectivity index (χ3n) is 2.27. The van der Waals surface area contributed by atoms with Crippen LogP contribution in [0.15, 0.2) is 0 Å². The van der Waals surface area contributed by atoms with E-state index in [4.69, 9.17) is 4.74 Å². The molecule has 0 spiro atoms. The third kappa shape index (κ3) is 1.98. The first-order valence-electron chi connectivity index (χ1n) is 4.29. The highest BCUT2D eigenvalue weighted by Gasteiger charge is 2.18. The van der Waals surface area contributed by atoms with Gasteiger partial charge in [-0.2, -0.15) is 0 Å². The van der Waals surface area contributed by atoms with Crippen LogP contribution in [0.1, 0.15) is 32.6 Å². The summed E-state index contributed by atoms with van der Waals surface area (Å²) in [5, 5.41) is 0. The summed E-state index contributed by atoms with van der Waals surface area (Å²) in [5.41, 5.74) is 0. The molecule has 0 aromatic heterocycles. The van der Waals surface area contributed by atoms with E-state index < -0.39 is 0 Å². The summed E-state index contributed by atoms with van der Waals surface area (Å²) in [6.07, 6.45) is 5.40. The van der Waals surface area contributed by atoms with Crippen LogP contribution in [0.25, 0.3) is 0 Å². The Morgan fingerprint density at radius 2 is 2.40 bits per heavy atom. The van der Waals surface area contributed by atoms with Crippen LogP contribution < -0.4 is 0 Å². The van der Waals surface area contributed by atoms with Gasteiger partial charge in [0.1, 0.15) is 0 Å². The molecule has 0 amide bonds. The lowest BCUT2D eigenvalue weighted by atomic mass is 9.95. The fourth-order valence-electron chi connectivity index (χ4n) is 1.40. The molecule has 0 aromatic rings. The van der Waals surface area contributed by atoms with E-state index in [1.165, 1.54) is 19.3 Å². The van der Waals surface area contributed by atoms with Crippen LogP contribution in [-0.4, -0.2) is 12.7 Å². The standard InChI is InChI=1S/C9H17O/c1-3-8(2)9-6-4-5-7-10-9/h8-9H,2-7H2,1H3. The molecule has 2 unspecified atom stereocenters. The normalized spacial score (nSPS) is 30.0. The summed E-state index contributed by atoms with van der Waals surface area (Å²) < 4.78 is 5.57. The lowest BCUT2D eigenvalue weighted by molar-refractivity contribution is -0.0104. The first kappa shape index (κ1) is 8.06. The van der Waals surface area contributed by atoms with Crippen molar-refractivity contribution in [1.29, 1.82) is 0 Å². The first-order chi connectivity index (χ1) is 4.84. The summed E-state index contributed by atoms with van der Waals surface area (Å²) in [5.74, 6) is 0.514. The molecule has 1 fully saturated rings. The second-order valence-corrected chi connectivity index (χ2v) is 3.07. The Bertz CT molecular complexity index is 84.7. The summed E-state index contributed by atoms with van der Waals surface area (Å²) in [4.78, 5) is 0. The Labute approximate surface area is 63.8 Å². The number of hydrogen-bond acceptors (Lipinski definition) is 1. The predicted octanol–water partition coefficient (Wildman–Crippen LogP) is 2.42. The molecular weight excluding hydrogens is 124 g/mol. The minimum Gasteiger partial charge on any atom is -0.378 e. The van der Waals surface area contributed by atoms with Gasteiger partial charge in [-0.15, -0.1) is 0 Å². The molecule has 0 bridgehead atoms. The fraction of sp³-hybridized carbons (Fsp3) is 0.889. The Morgan fingerprint density at radius 1 is 1.60 bits per heavy atom. The fourth-order valence-corrected chi connectivity index (χ4v) is 1.40. The van der Waals surface area contributed by atoms with Crippen LogP contribution >= 0.6 is 0 Å². The highest BCUT2D eigenvalue weighted by atomic mass is 16.5. The Hall–Kier alpha value is -0.0400. The van der Waals surface area contributed by atoms with Gasteiger partial charge in [0.25, 0.3) is 0 Å². The summed E-state index contributed by atoms with van der Waals surface area (Å²) in [6.45, 7) is 7.19. The highest BCUT2D eigenvalue weighted by molar-refractivity contribution is 4.73. The van der Waals surface area contributed by atoms with Crippen LogP contribution in [0.3, 0.4) is 0 Å². The SMILES string of the molecule is [CH2]C(CC)C1CCCCO1. The van der Waals surface area contributed by atoms with Crippen LogP contribution in [0, 0.1) is 12.8 Å². The van der Waals surface area contributed by atoms with Gasteiger partial charge in [-0.3, -0.25) is 0 Å². The van der Waals surface area contributed by atoms with Gasteiger partial charge in [0, 0.05) is 6.61 Å². The quantitative estimate of drug-likeness (QED) is 0.574. The van der Waals surface area contributed by atoms with Gasteiger partial charge in [0.05, 0.1) is 6.10 Å². The van der Waals surface area contributed by atoms with Crippen LogP contribution in [0.2, 0.25) is 0 Å². The molecule has 0 saturated carbocycles. The average Bonchev–Trinajstić information content (AvgIpc) is 2.05. The van der Waals surface area contributed by atoms with Crippen molar-refractivity contribution >= 4 is 0 Å². The summed E-state index contributed by atoms with van der Waals surface area (Å²) >= 11 is 0. The number of rotatable bonds is 2. The van der Waals surface area contributed by atoms with Crippen molar-refractivity contribution in [3.05, 3.63) is 6.92 Å². The second-order valence-electron chi connectivity index (χ2n) is 3.07. The number of ether oxygens (including phenoxy) is 1. The molecule has 1 aliphatic heterocycles. The molecule has 10 heavy (non-hydrogen) atoms. The van der Waals surface area contributed by atoms with Gasteiger partial charge >= 0.3 is 0 Å². The van der Waals surface area contributed by atoms with Crippen molar-refractivity contribution in [1.82, 2.24) is 0 Å². The van der Waals surface area contributed by atoms with Crippen molar-refractivity contribution in [3.63, 3.8) is 0 Å². The van der Waals surface area contributed by atoms with Crippen molar-refractivity contribution in [2.45, 2.75) is 38.7 Å². The Balaban J connectivity index is 2.24. The zero-order valence-corrected chi connectivity index (χ0v) is 6.81. The molecule has 0 aliphatic carbocycles. The van der Waals surface area contributed by atoms with Gasteiger partial charge in [0.15, 0.2) is 0 Å². The van der Waals surface area contributed by atoms with E-state index in [0.717, 1.165) is 13.0 Å². The monoisotopic (exact) mass is 141 g/mol. The van der Waals surface area contributed by atoms with Gasteiger partial charge in [-0.05, 0) is 32.1 Å². The molecule has 1 aliphatic rings. The summed E-state index contributed by atoms with van der Waals surface area (Å²) in [7, 11) is 0. The Morgan fingerprint density at radius 3 is 2.90 bits per heavy atom. The third-order valence-corrected chi connectivity index (χ3v) is 2.27. The van der Waals surface area contributed by atoms with Crippen LogP contribution in [-0.2, 0) is 4.74 Å². The van der Waals surface area contributed by atoms with Crippen molar-refractivity contribution in [2.24, 2.45) is 5.92 Å². The Kier molecular flexibility index (Phi) is 3.20. The minimum absolute atomic E-state index is 0.457. The van der Waals surface area contributed by atoms with Crippen molar-refractivity contribution in [3.8, 4) is 0 Å². The van der Waals surface area contributed by atoms with E-state index in [-0.39, 0.29) is 0 Å². The molecule has 1 nitrogen and oxygen atoms in total. The zero-order chi connectivity index (χ0) is 7.40. The first-order valence-corrected chi connectivity index (χ1v) is 4.29.